The summed E-state index contributed by atoms with van der Waals surface area (Å²) < 4.78 is 5.19. The number of benzene rings is 1. The van der Waals surface area contributed by atoms with Gasteiger partial charge in [0.2, 0.25) is 5.91 Å². The van der Waals surface area contributed by atoms with E-state index in [9.17, 15) is 9.59 Å². The summed E-state index contributed by atoms with van der Waals surface area (Å²) in [5, 5.41) is 0. The monoisotopic (exact) mass is 424 g/mol. The zero-order valence-electron chi connectivity index (χ0n) is 18.9. The van der Waals surface area contributed by atoms with Gasteiger partial charge < -0.3 is 14.5 Å². The van der Waals surface area contributed by atoms with Crippen molar-refractivity contribution in [2.24, 2.45) is 0 Å². The lowest BCUT2D eigenvalue weighted by Crippen LogP contribution is -2.40. The molecule has 31 heavy (non-hydrogen) atoms. The Kier molecular flexibility index (Phi) is 7.60. The number of amides is 2. The van der Waals surface area contributed by atoms with Crippen molar-refractivity contribution < 1.29 is 14.3 Å². The largest absolute Gasteiger partial charge is 0.497 e. The fraction of sp³-hybridized carbons (Fsp3) is 0.500. The van der Waals surface area contributed by atoms with Crippen LogP contribution in [0.3, 0.4) is 0 Å². The molecule has 0 N–H and O–H groups in total. The highest BCUT2D eigenvalue weighted by Crippen LogP contribution is 2.30. The highest BCUT2D eigenvalue weighted by Gasteiger charge is 2.30. The van der Waals surface area contributed by atoms with E-state index in [4.69, 9.17) is 4.74 Å². The maximum atomic E-state index is 13.1. The zero-order chi connectivity index (χ0) is 22.4. The molecule has 7 heteroatoms. The summed E-state index contributed by atoms with van der Waals surface area (Å²) in [6.45, 7) is 7.75. The van der Waals surface area contributed by atoms with Crippen LogP contribution in [0, 0.1) is 6.92 Å². The van der Waals surface area contributed by atoms with Crippen LogP contribution < -0.4 is 4.74 Å². The molecule has 1 aliphatic rings. The summed E-state index contributed by atoms with van der Waals surface area (Å²) >= 11 is 0. The first-order valence-corrected chi connectivity index (χ1v) is 11.0. The van der Waals surface area contributed by atoms with Gasteiger partial charge in [-0.15, -0.1) is 0 Å². The van der Waals surface area contributed by atoms with E-state index in [0.29, 0.717) is 43.1 Å². The predicted molar refractivity (Wildman–Crippen MR) is 119 cm³/mol. The van der Waals surface area contributed by atoms with Gasteiger partial charge in [0.1, 0.15) is 5.75 Å². The van der Waals surface area contributed by atoms with Crippen molar-refractivity contribution in [3.05, 3.63) is 53.1 Å². The Morgan fingerprint density at radius 2 is 1.87 bits per heavy atom. The molecule has 3 rings (SSSR count). The van der Waals surface area contributed by atoms with Gasteiger partial charge in [0.25, 0.3) is 5.91 Å². The van der Waals surface area contributed by atoms with Crippen LogP contribution in [0.2, 0.25) is 0 Å². The molecule has 166 valence electrons. The molecule has 2 amide bonds. The minimum atomic E-state index is -0.157. The predicted octanol–water partition coefficient (Wildman–Crippen LogP) is 3.57. The third kappa shape index (κ3) is 5.21. The molecule has 1 aliphatic heterocycles. The lowest BCUT2D eigenvalue weighted by molar-refractivity contribution is -0.134. The number of aromatic nitrogens is 2. The second kappa shape index (κ2) is 10.4. The number of hydrogen-bond acceptors (Lipinski definition) is 5. The number of likely N-dealkylation sites (tertiary alicyclic amines) is 1. The summed E-state index contributed by atoms with van der Waals surface area (Å²) in [7, 11) is 1.63. The lowest BCUT2D eigenvalue weighted by atomic mass is 9.99. The molecule has 1 fully saturated rings. The van der Waals surface area contributed by atoms with Crippen LogP contribution in [0.15, 0.2) is 30.5 Å². The molecule has 1 aromatic heterocycles. The van der Waals surface area contributed by atoms with Crippen molar-refractivity contribution >= 4 is 11.8 Å². The van der Waals surface area contributed by atoms with Gasteiger partial charge in [-0.3, -0.25) is 9.59 Å². The van der Waals surface area contributed by atoms with E-state index in [1.165, 1.54) is 0 Å². The quantitative estimate of drug-likeness (QED) is 0.679. The van der Waals surface area contributed by atoms with E-state index < -0.39 is 0 Å². The van der Waals surface area contributed by atoms with Crippen LogP contribution >= 0.6 is 0 Å². The van der Waals surface area contributed by atoms with Crippen molar-refractivity contribution in [1.82, 2.24) is 19.8 Å². The molecule has 0 radical (unpaired) electrons. The zero-order valence-corrected chi connectivity index (χ0v) is 18.9. The van der Waals surface area contributed by atoms with Crippen LogP contribution in [0.1, 0.15) is 66.6 Å². The molecular formula is C24H32N4O3. The highest BCUT2D eigenvalue weighted by atomic mass is 16.5. The fourth-order valence-corrected chi connectivity index (χ4v) is 4.05. The van der Waals surface area contributed by atoms with Crippen molar-refractivity contribution in [2.75, 3.05) is 26.7 Å². The Labute approximate surface area is 184 Å². The van der Waals surface area contributed by atoms with Gasteiger partial charge in [0, 0.05) is 25.8 Å². The minimum absolute atomic E-state index is 0.0508. The maximum Gasteiger partial charge on any atom is 0.257 e. The Morgan fingerprint density at radius 1 is 1.16 bits per heavy atom. The second-order valence-corrected chi connectivity index (χ2v) is 7.83. The Balaban J connectivity index is 1.78. The molecule has 1 aromatic carbocycles. The molecule has 1 saturated heterocycles. The smallest absolute Gasteiger partial charge is 0.257 e. The molecule has 1 atom stereocenters. The molecule has 0 bridgehead atoms. The van der Waals surface area contributed by atoms with E-state index >= 15 is 0 Å². The number of rotatable bonds is 7. The van der Waals surface area contributed by atoms with Gasteiger partial charge >= 0.3 is 0 Å². The first-order valence-electron chi connectivity index (χ1n) is 11.0. The first kappa shape index (κ1) is 22.7. The molecule has 0 saturated carbocycles. The van der Waals surface area contributed by atoms with E-state index in [-0.39, 0.29) is 17.9 Å². The molecule has 2 heterocycles. The van der Waals surface area contributed by atoms with Crippen LogP contribution in [0.5, 0.6) is 5.75 Å². The number of hydrogen-bond donors (Lipinski definition) is 0. The second-order valence-electron chi connectivity index (χ2n) is 7.83. The van der Waals surface area contributed by atoms with Crippen molar-refractivity contribution in [1.29, 1.82) is 0 Å². The topological polar surface area (TPSA) is 75.6 Å². The number of carbonyl (C=O) groups is 2. The Morgan fingerprint density at radius 3 is 2.48 bits per heavy atom. The first-order chi connectivity index (χ1) is 15.0. The van der Waals surface area contributed by atoms with Gasteiger partial charge in [-0.1, -0.05) is 12.1 Å². The molecular weight excluding hydrogens is 392 g/mol. The van der Waals surface area contributed by atoms with Gasteiger partial charge in [-0.05, 0) is 57.7 Å². The Bertz CT molecular complexity index is 910. The number of piperidine rings is 1. The maximum absolute atomic E-state index is 13.1. The number of nitrogens with zero attached hydrogens (tertiary/aromatic N) is 4. The minimum Gasteiger partial charge on any atom is -0.497 e. The molecule has 2 aromatic rings. The third-order valence-electron chi connectivity index (χ3n) is 5.91. The summed E-state index contributed by atoms with van der Waals surface area (Å²) in [5.41, 5.74) is 2.14. The molecule has 0 spiro atoms. The molecule has 7 nitrogen and oxygen atoms in total. The average molecular weight is 425 g/mol. The van der Waals surface area contributed by atoms with E-state index in [2.05, 4.69) is 9.97 Å². The van der Waals surface area contributed by atoms with E-state index in [1.54, 1.807) is 18.2 Å². The van der Waals surface area contributed by atoms with Gasteiger partial charge in [0.05, 0.1) is 30.8 Å². The van der Waals surface area contributed by atoms with Gasteiger partial charge in [0.15, 0.2) is 5.82 Å². The lowest BCUT2D eigenvalue weighted by Gasteiger charge is -2.35. The van der Waals surface area contributed by atoms with Crippen molar-refractivity contribution in [2.45, 2.75) is 52.5 Å². The standard InChI is InChI=1S/C24H32N4O3/c1-5-27(6-2)24(30)20-16-25-23(26-17(20)3)21-9-7-8-14-28(21)22(29)15-18-10-12-19(31-4)13-11-18/h10-13,16,21H,5-9,14-15H2,1-4H3/t21-/m0/s1. The van der Waals surface area contributed by atoms with E-state index in [1.807, 2.05) is 49.9 Å². The number of carbonyl (C=O) groups excluding carboxylic acids is 2. The van der Waals surface area contributed by atoms with Crippen LogP contribution in [0.25, 0.3) is 0 Å². The average Bonchev–Trinajstić information content (AvgIpc) is 2.80. The van der Waals surface area contributed by atoms with Crippen molar-refractivity contribution in [3.8, 4) is 5.75 Å². The Hall–Kier alpha value is -2.96. The SMILES string of the molecule is CCN(CC)C(=O)c1cnc([C@@H]2CCCCN2C(=O)Cc2ccc(OC)cc2)nc1C. The van der Waals surface area contributed by atoms with Crippen LogP contribution in [-0.4, -0.2) is 58.3 Å². The highest BCUT2D eigenvalue weighted by molar-refractivity contribution is 5.94. The number of aryl methyl sites for hydroxylation is 1. The van der Waals surface area contributed by atoms with Gasteiger partial charge in [-0.2, -0.15) is 0 Å². The van der Waals surface area contributed by atoms with Gasteiger partial charge in [-0.25, -0.2) is 9.97 Å². The number of methoxy groups -OCH3 is 1. The summed E-state index contributed by atoms with van der Waals surface area (Å²) in [4.78, 5) is 38.7. The molecule has 0 unspecified atom stereocenters. The summed E-state index contributed by atoms with van der Waals surface area (Å²) in [6.07, 6.45) is 4.79. The molecule has 0 aliphatic carbocycles. The van der Waals surface area contributed by atoms with E-state index in [0.717, 1.165) is 30.6 Å². The van der Waals surface area contributed by atoms with Crippen LogP contribution in [-0.2, 0) is 11.2 Å². The summed E-state index contributed by atoms with van der Waals surface area (Å²) in [5.74, 6) is 1.41. The third-order valence-corrected chi connectivity index (χ3v) is 5.91. The van der Waals surface area contributed by atoms with Crippen molar-refractivity contribution in [3.63, 3.8) is 0 Å². The summed E-state index contributed by atoms with van der Waals surface area (Å²) in [6, 6.07) is 7.42. The fourth-order valence-electron chi connectivity index (χ4n) is 4.05. The normalized spacial score (nSPS) is 16.1. The van der Waals surface area contributed by atoms with Crippen LogP contribution in [0.4, 0.5) is 0 Å². The number of ether oxygens (including phenoxy) is 1.